The van der Waals surface area contributed by atoms with E-state index in [1.807, 2.05) is 26.0 Å². The van der Waals surface area contributed by atoms with Gasteiger partial charge in [-0.15, -0.1) is 0 Å². The SMILES string of the molecule is [CH2]c1ccc(C)c(C)n1. The van der Waals surface area contributed by atoms with Crippen molar-refractivity contribution in [2.45, 2.75) is 13.8 Å². The van der Waals surface area contributed by atoms with Gasteiger partial charge in [0.25, 0.3) is 0 Å². The zero-order chi connectivity index (χ0) is 6.85. The van der Waals surface area contributed by atoms with Gasteiger partial charge in [-0.3, -0.25) is 4.98 Å². The molecule has 0 saturated carbocycles. The highest BCUT2D eigenvalue weighted by molar-refractivity contribution is 5.21. The average molecular weight is 120 g/mol. The van der Waals surface area contributed by atoms with Gasteiger partial charge in [-0.1, -0.05) is 6.07 Å². The third-order valence-corrected chi connectivity index (χ3v) is 1.41. The van der Waals surface area contributed by atoms with Crippen LogP contribution in [0.2, 0.25) is 0 Å². The Morgan fingerprint density at radius 2 is 2.00 bits per heavy atom. The van der Waals surface area contributed by atoms with Gasteiger partial charge in [0.1, 0.15) is 0 Å². The van der Waals surface area contributed by atoms with E-state index < -0.39 is 0 Å². The molecular formula is C8H10N. The van der Waals surface area contributed by atoms with Crippen LogP contribution in [0.25, 0.3) is 0 Å². The topological polar surface area (TPSA) is 12.9 Å². The fourth-order valence-corrected chi connectivity index (χ4v) is 0.683. The molecule has 0 unspecified atom stereocenters. The van der Waals surface area contributed by atoms with E-state index in [0.717, 1.165) is 11.4 Å². The maximum absolute atomic E-state index is 4.16. The van der Waals surface area contributed by atoms with Crippen LogP contribution in [0.3, 0.4) is 0 Å². The Bertz CT molecular complexity index is 216. The number of pyridine rings is 1. The van der Waals surface area contributed by atoms with Crippen molar-refractivity contribution in [3.63, 3.8) is 0 Å². The largest absolute Gasteiger partial charge is 0.258 e. The molecule has 0 fully saturated rings. The molecule has 0 N–H and O–H groups in total. The van der Waals surface area contributed by atoms with Crippen LogP contribution in [0.15, 0.2) is 12.1 Å². The molecule has 1 aromatic heterocycles. The molecule has 1 nitrogen and oxygen atoms in total. The van der Waals surface area contributed by atoms with Crippen molar-refractivity contribution < 1.29 is 0 Å². The van der Waals surface area contributed by atoms with Crippen LogP contribution in [0.4, 0.5) is 0 Å². The van der Waals surface area contributed by atoms with Crippen molar-refractivity contribution in [1.82, 2.24) is 4.98 Å². The minimum absolute atomic E-state index is 0.845. The molecule has 0 saturated heterocycles. The van der Waals surface area contributed by atoms with Gasteiger partial charge in [0, 0.05) is 11.4 Å². The lowest BCUT2D eigenvalue weighted by molar-refractivity contribution is 1.12. The molecule has 0 aliphatic heterocycles. The van der Waals surface area contributed by atoms with Crippen LogP contribution < -0.4 is 0 Å². The van der Waals surface area contributed by atoms with Crippen LogP contribution in [0.5, 0.6) is 0 Å². The molecule has 0 aliphatic rings. The molecule has 1 aromatic rings. The first-order valence-electron chi connectivity index (χ1n) is 2.96. The zero-order valence-electron chi connectivity index (χ0n) is 5.81. The average Bonchev–Trinajstić information content (AvgIpc) is 1.80. The standard InChI is InChI=1S/C8H10N/c1-6-4-5-7(2)9-8(6)3/h4-5H,2H2,1,3H3. The Kier molecular flexibility index (Phi) is 1.52. The van der Waals surface area contributed by atoms with Crippen molar-refractivity contribution in [3.05, 3.63) is 36.0 Å². The van der Waals surface area contributed by atoms with Gasteiger partial charge in [0.05, 0.1) is 0 Å². The Labute approximate surface area is 55.7 Å². The predicted octanol–water partition coefficient (Wildman–Crippen LogP) is 1.88. The maximum Gasteiger partial charge on any atom is 0.0410 e. The van der Waals surface area contributed by atoms with E-state index in [2.05, 4.69) is 11.9 Å². The number of hydrogen-bond donors (Lipinski definition) is 0. The smallest absolute Gasteiger partial charge is 0.0410 e. The van der Waals surface area contributed by atoms with E-state index in [-0.39, 0.29) is 0 Å². The summed E-state index contributed by atoms with van der Waals surface area (Å²) in [5.41, 5.74) is 3.14. The molecule has 1 radical (unpaired) electrons. The second-order valence-corrected chi connectivity index (χ2v) is 2.20. The highest BCUT2D eigenvalue weighted by Gasteiger charge is 1.90. The second kappa shape index (κ2) is 2.18. The van der Waals surface area contributed by atoms with Gasteiger partial charge >= 0.3 is 0 Å². The Hall–Kier alpha value is -0.850. The van der Waals surface area contributed by atoms with E-state index in [0.29, 0.717) is 0 Å². The third kappa shape index (κ3) is 1.28. The number of aryl methyl sites for hydroxylation is 2. The molecule has 1 rings (SSSR count). The van der Waals surface area contributed by atoms with E-state index in [1.54, 1.807) is 0 Å². The van der Waals surface area contributed by atoms with Crippen LogP contribution in [-0.2, 0) is 0 Å². The summed E-state index contributed by atoms with van der Waals surface area (Å²) in [5, 5.41) is 0. The fourth-order valence-electron chi connectivity index (χ4n) is 0.683. The maximum atomic E-state index is 4.16. The van der Waals surface area contributed by atoms with E-state index in [4.69, 9.17) is 0 Å². The molecule has 47 valence electrons. The normalized spacial score (nSPS) is 9.67. The summed E-state index contributed by atoms with van der Waals surface area (Å²) in [4.78, 5) is 4.16. The number of rotatable bonds is 0. The van der Waals surface area contributed by atoms with Gasteiger partial charge in [-0.25, -0.2) is 0 Å². The molecule has 9 heavy (non-hydrogen) atoms. The Morgan fingerprint density at radius 3 is 2.44 bits per heavy atom. The van der Waals surface area contributed by atoms with Crippen LogP contribution in [0.1, 0.15) is 17.0 Å². The summed E-state index contributed by atoms with van der Waals surface area (Å²) in [5.74, 6) is 0. The summed E-state index contributed by atoms with van der Waals surface area (Å²) in [6.45, 7) is 7.74. The highest BCUT2D eigenvalue weighted by atomic mass is 14.7. The lowest BCUT2D eigenvalue weighted by atomic mass is 10.2. The number of aromatic nitrogens is 1. The third-order valence-electron chi connectivity index (χ3n) is 1.41. The molecule has 0 amide bonds. The summed E-state index contributed by atoms with van der Waals surface area (Å²) in [7, 11) is 0. The lowest BCUT2D eigenvalue weighted by Crippen LogP contribution is -1.87. The summed E-state index contributed by atoms with van der Waals surface area (Å²) >= 11 is 0. The molecule has 1 heterocycles. The molecule has 0 aromatic carbocycles. The highest BCUT2D eigenvalue weighted by Crippen LogP contribution is 2.02. The molecule has 0 spiro atoms. The Morgan fingerprint density at radius 1 is 1.33 bits per heavy atom. The second-order valence-electron chi connectivity index (χ2n) is 2.20. The zero-order valence-corrected chi connectivity index (χ0v) is 5.81. The number of nitrogens with zero attached hydrogens (tertiary/aromatic N) is 1. The quantitative estimate of drug-likeness (QED) is 0.509. The lowest BCUT2D eigenvalue weighted by Gasteiger charge is -1.97. The molecular weight excluding hydrogens is 110 g/mol. The first-order chi connectivity index (χ1) is 4.20. The predicted molar refractivity (Wildman–Crippen MR) is 38.2 cm³/mol. The van der Waals surface area contributed by atoms with Gasteiger partial charge in [-0.05, 0) is 32.4 Å². The van der Waals surface area contributed by atoms with Gasteiger partial charge < -0.3 is 0 Å². The molecule has 0 bridgehead atoms. The van der Waals surface area contributed by atoms with Crippen molar-refractivity contribution in [2.24, 2.45) is 0 Å². The van der Waals surface area contributed by atoms with Gasteiger partial charge in [0.2, 0.25) is 0 Å². The van der Waals surface area contributed by atoms with E-state index >= 15 is 0 Å². The van der Waals surface area contributed by atoms with Gasteiger partial charge in [-0.2, -0.15) is 0 Å². The monoisotopic (exact) mass is 120 g/mol. The molecule has 1 heteroatoms. The van der Waals surface area contributed by atoms with E-state index in [1.165, 1.54) is 5.56 Å². The minimum Gasteiger partial charge on any atom is -0.258 e. The Balaban J connectivity index is 3.17. The summed E-state index contributed by atoms with van der Waals surface area (Å²) < 4.78 is 0. The van der Waals surface area contributed by atoms with Crippen LogP contribution in [-0.4, -0.2) is 4.98 Å². The molecule has 0 atom stereocenters. The minimum atomic E-state index is 0.845. The van der Waals surface area contributed by atoms with Crippen molar-refractivity contribution in [3.8, 4) is 0 Å². The van der Waals surface area contributed by atoms with Crippen molar-refractivity contribution in [1.29, 1.82) is 0 Å². The first kappa shape index (κ1) is 6.27. The summed E-state index contributed by atoms with van der Waals surface area (Å²) in [6.07, 6.45) is 0. The summed E-state index contributed by atoms with van der Waals surface area (Å²) in [6, 6.07) is 3.95. The number of hydrogen-bond acceptors (Lipinski definition) is 1. The molecule has 0 aliphatic carbocycles. The first-order valence-corrected chi connectivity index (χ1v) is 2.96. The van der Waals surface area contributed by atoms with E-state index in [9.17, 15) is 0 Å². The van der Waals surface area contributed by atoms with Gasteiger partial charge in [0.15, 0.2) is 0 Å². The van der Waals surface area contributed by atoms with Crippen molar-refractivity contribution >= 4 is 0 Å². The van der Waals surface area contributed by atoms with Crippen LogP contribution >= 0.6 is 0 Å². The van der Waals surface area contributed by atoms with Crippen LogP contribution in [0, 0.1) is 20.8 Å². The fraction of sp³-hybridized carbons (Fsp3) is 0.250. The van der Waals surface area contributed by atoms with Crippen molar-refractivity contribution in [2.75, 3.05) is 0 Å².